The highest BCUT2D eigenvalue weighted by Crippen LogP contribution is 2.34. The molecule has 4 nitrogen and oxygen atoms in total. The summed E-state index contributed by atoms with van der Waals surface area (Å²) in [6.07, 6.45) is 0. The van der Waals surface area contributed by atoms with E-state index in [2.05, 4.69) is 15.9 Å². The van der Waals surface area contributed by atoms with E-state index in [-0.39, 0.29) is 16.7 Å². The molecule has 0 radical (unpaired) electrons. The Morgan fingerprint density at radius 2 is 1.30 bits per heavy atom. The van der Waals surface area contributed by atoms with Crippen LogP contribution in [0.4, 0.5) is 0 Å². The lowest BCUT2D eigenvalue weighted by Crippen LogP contribution is -1.95. The van der Waals surface area contributed by atoms with E-state index < -0.39 is 0 Å². The molecule has 0 aliphatic carbocycles. The fourth-order valence-corrected chi connectivity index (χ4v) is 2.73. The van der Waals surface area contributed by atoms with Gasteiger partial charge in [-0.15, -0.1) is 0 Å². The largest absolute Gasteiger partial charge is 0.192 e. The minimum atomic E-state index is 0.230. The van der Waals surface area contributed by atoms with E-state index >= 15 is 0 Å². The minimum Gasteiger partial charge on any atom is -0.192 e. The molecule has 0 aliphatic rings. The second-order valence-electron chi connectivity index (χ2n) is 4.08. The summed E-state index contributed by atoms with van der Waals surface area (Å²) in [6, 6.07) is 11.1. The number of aryl methyl sites for hydroxylation is 1. The first-order valence-corrected chi connectivity index (χ1v) is 6.28. The van der Waals surface area contributed by atoms with Crippen LogP contribution < -0.4 is 0 Å². The summed E-state index contributed by atoms with van der Waals surface area (Å²) in [6.45, 7) is 1.72. The van der Waals surface area contributed by atoms with Gasteiger partial charge in [-0.3, -0.25) is 0 Å². The minimum absolute atomic E-state index is 0.230. The van der Waals surface area contributed by atoms with Gasteiger partial charge in [0.25, 0.3) is 0 Å². The Morgan fingerprint density at radius 3 is 1.80 bits per heavy atom. The first-order valence-electron chi connectivity index (χ1n) is 5.49. The van der Waals surface area contributed by atoms with Crippen LogP contribution in [0, 0.1) is 52.2 Å². The van der Waals surface area contributed by atoms with Crippen LogP contribution in [0.25, 0.3) is 10.8 Å². The molecule has 20 heavy (non-hydrogen) atoms. The molecule has 0 amide bonds. The molecule has 0 unspecified atom stereocenters. The highest BCUT2D eigenvalue weighted by atomic mass is 79.9. The van der Waals surface area contributed by atoms with Gasteiger partial charge in [-0.05, 0) is 51.3 Å². The summed E-state index contributed by atoms with van der Waals surface area (Å²) >= 11 is 3.31. The molecule has 2 aromatic rings. The molecule has 2 aromatic carbocycles. The van der Waals surface area contributed by atoms with Crippen molar-refractivity contribution >= 4 is 26.7 Å². The second kappa shape index (κ2) is 5.02. The number of halogens is 1. The molecule has 2 rings (SSSR count). The molecule has 0 fully saturated rings. The first-order chi connectivity index (χ1) is 9.58. The molecule has 0 N–H and O–H groups in total. The summed E-state index contributed by atoms with van der Waals surface area (Å²) in [5, 5.41) is 37.9. The Balaban J connectivity index is 3.12. The Hall–Kier alpha value is -2.86. The average Bonchev–Trinajstić information content (AvgIpc) is 2.47. The van der Waals surface area contributed by atoms with E-state index in [1.165, 1.54) is 0 Å². The maximum Gasteiger partial charge on any atom is 0.102 e. The van der Waals surface area contributed by atoms with Gasteiger partial charge < -0.3 is 0 Å². The lowest BCUT2D eigenvalue weighted by atomic mass is 9.93. The van der Waals surface area contributed by atoms with Gasteiger partial charge in [0.2, 0.25) is 0 Å². The topological polar surface area (TPSA) is 95.2 Å². The van der Waals surface area contributed by atoms with E-state index in [1.807, 2.05) is 24.3 Å². The van der Waals surface area contributed by atoms with Crippen molar-refractivity contribution in [3.8, 4) is 24.3 Å². The van der Waals surface area contributed by atoms with Crippen molar-refractivity contribution in [3.63, 3.8) is 0 Å². The lowest BCUT2D eigenvalue weighted by Gasteiger charge is -2.10. The summed E-state index contributed by atoms with van der Waals surface area (Å²) in [4.78, 5) is 0. The molecule has 0 saturated heterocycles. The second-order valence-corrected chi connectivity index (χ2v) is 4.87. The third-order valence-electron chi connectivity index (χ3n) is 3.11. The van der Waals surface area contributed by atoms with Gasteiger partial charge in [0.15, 0.2) is 0 Å². The Labute approximate surface area is 123 Å². The smallest absolute Gasteiger partial charge is 0.102 e. The number of nitriles is 4. The van der Waals surface area contributed by atoms with E-state index in [1.54, 1.807) is 19.1 Å². The third-order valence-corrected chi connectivity index (χ3v) is 3.93. The van der Waals surface area contributed by atoms with Gasteiger partial charge in [-0.2, -0.15) is 21.0 Å². The first kappa shape index (κ1) is 13.6. The van der Waals surface area contributed by atoms with Crippen molar-refractivity contribution in [2.45, 2.75) is 6.92 Å². The summed E-state index contributed by atoms with van der Waals surface area (Å²) < 4.78 is 0.470. The quantitative estimate of drug-likeness (QED) is 0.743. The van der Waals surface area contributed by atoms with Crippen LogP contribution in [-0.2, 0) is 0 Å². The molecule has 0 atom stereocenters. The SMILES string of the molecule is Cc1c(C#N)c(C#N)cc2c(Br)c(C#N)c(C#N)cc12. The predicted octanol–water partition coefficient (Wildman–Crippen LogP) is 3.40. The molecule has 0 spiro atoms. The lowest BCUT2D eigenvalue weighted by molar-refractivity contribution is 1.37. The molecule has 5 heteroatoms. The maximum absolute atomic E-state index is 9.16. The molecular weight excluding hydrogens is 316 g/mol. The molecule has 0 bridgehead atoms. The monoisotopic (exact) mass is 320 g/mol. The number of nitrogens with zero attached hydrogens (tertiary/aromatic N) is 4. The molecule has 0 heterocycles. The molecule has 92 valence electrons. The molecular formula is C15H5BrN4. The number of hydrogen-bond donors (Lipinski definition) is 0. The number of hydrogen-bond acceptors (Lipinski definition) is 4. The normalized spacial score (nSPS) is 9.30. The van der Waals surface area contributed by atoms with Crippen LogP contribution in [0.3, 0.4) is 0 Å². The van der Waals surface area contributed by atoms with Crippen LogP contribution in [-0.4, -0.2) is 0 Å². The van der Waals surface area contributed by atoms with Crippen molar-refractivity contribution < 1.29 is 0 Å². The fraction of sp³-hybridized carbons (Fsp3) is 0.0667. The van der Waals surface area contributed by atoms with E-state index in [4.69, 9.17) is 21.0 Å². The van der Waals surface area contributed by atoms with Crippen molar-refractivity contribution in [2.24, 2.45) is 0 Å². The van der Waals surface area contributed by atoms with Crippen LogP contribution in [0.5, 0.6) is 0 Å². The van der Waals surface area contributed by atoms with Crippen LogP contribution in [0.1, 0.15) is 27.8 Å². The highest BCUT2D eigenvalue weighted by Gasteiger charge is 2.16. The summed E-state index contributed by atoms with van der Waals surface area (Å²) in [7, 11) is 0. The summed E-state index contributed by atoms with van der Waals surface area (Å²) in [5.74, 6) is 0. The molecule has 0 saturated carbocycles. The predicted molar refractivity (Wildman–Crippen MR) is 75.2 cm³/mol. The Kier molecular flexibility index (Phi) is 3.41. The third kappa shape index (κ3) is 1.79. The zero-order chi connectivity index (χ0) is 14.9. The van der Waals surface area contributed by atoms with Crippen LogP contribution >= 0.6 is 15.9 Å². The van der Waals surface area contributed by atoms with E-state index in [0.29, 0.717) is 26.4 Å². The maximum atomic E-state index is 9.16. The van der Waals surface area contributed by atoms with E-state index in [0.717, 1.165) is 0 Å². The van der Waals surface area contributed by atoms with Gasteiger partial charge in [-0.1, -0.05) is 0 Å². The fourth-order valence-electron chi connectivity index (χ4n) is 2.10. The van der Waals surface area contributed by atoms with Gasteiger partial charge in [0.1, 0.15) is 24.3 Å². The number of fused-ring (bicyclic) bond motifs is 1. The van der Waals surface area contributed by atoms with Gasteiger partial charge in [-0.25, -0.2) is 0 Å². The van der Waals surface area contributed by atoms with Crippen LogP contribution in [0.15, 0.2) is 16.6 Å². The average molecular weight is 321 g/mol. The molecule has 0 aliphatic heterocycles. The Morgan fingerprint density at radius 1 is 0.800 bits per heavy atom. The van der Waals surface area contributed by atoms with Gasteiger partial charge in [0.05, 0.1) is 22.3 Å². The standard InChI is InChI=1S/C15H5BrN4/c1-8-11-2-10(5-18)14(7-20)15(16)12(11)3-9(4-17)13(8)6-19/h2-3H,1H3. The van der Waals surface area contributed by atoms with Crippen molar-refractivity contribution in [3.05, 3.63) is 44.4 Å². The van der Waals surface area contributed by atoms with Crippen molar-refractivity contribution in [1.82, 2.24) is 0 Å². The number of benzene rings is 2. The van der Waals surface area contributed by atoms with Crippen molar-refractivity contribution in [2.75, 3.05) is 0 Å². The summed E-state index contributed by atoms with van der Waals surface area (Å²) in [5.41, 5.74) is 1.65. The van der Waals surface area contributed by atoms with Gasteiger partial charge in [0, 0.05) is 4.47 Å². The van der Waals surface area contributed by atoms with Crippen LogP contribution in [0.2, 0.25) is 0 Å². The zero-order valence-corrected chi connectivity index (χ0v) is 11.9. The Bertz CT molecular complexity index is 838. The van der Waals surface area contributed by atoms with Crippen molar-refractivity contribution in [1.29, 1.82) is 21.0 Å². The van der Waals surface area contributed by atoms with Gasteiger partial charge >= 0.3 is 0 Å². The zero-order valence-electron chi connectivity index (χ0n) is 10.3. The highest BCUT2D eigenvalue weighted by molar-refractivity contribution is 9.10. The number of rotatable bonds is 0. The molecule has 0 aromatic heterocycles. The van der Waals surface area contributed by atoms with E-state index in [9.17, 15) is 0 Å².